The van der Waals surface area contributed by atoms with Crippen LogP contribution in [0.15, 0.2) is 12.4 Å². The molecule has 1 fully saturated rings. The van der Waals surface area contributed by atoms with Crippen LogP contribution in [0, 0.1) is 5.92 Å². The Morgan fingerprint density at radius 2 is 2.18 bits per heavy atom. The summed E-state index contributed by atoms with van der Waals surface area (Å²) in [6.45, 7) is 6.75. The normalized spacial score (nSPS) is 25.8. The summed E-state index contributed by atoms with van der Waals surface area (Å²) >= 11 is 0. The van der Waals surface area contributed by atoms with Crippen LogP contribution in [-0.4, -0.2) is 34.5 Å². The fraction of sp³-hybridized carbons (Fsp3) is 0.692. The molecule has 0 spiro atoms. The molecule has 0 amide bonds. The van der Waals surface area contributed by atoms with E-state index in [9.17, 15) is 0 Å². The quantitative estimate of drug-likeness (QED) is 0.870. The summed E-state index contributed by atoms with van der Waals surface area (Å²) in [5.41, 5.74) is 1.06. The zero-order chi connectivity index (χ0) is 12.3. The SMILES string of the molecule is CNc1cnc(CN2CCC(C)CC2C)cn1. The standard InChI is InChI=1S/C13H22N4/c1-10-4-5-17(11(2)6-10)9-12-7-16-13(14-3)8-15-12/h7-8,10-11H,4-6,9H2,1-3H3,(H,14,16). The predicted molar refractivity (Wildman–Crippen MR) is 69.8 cm³/mol. The fourth-order valence-electron chi connectivity index (χ4n) is 2.46. The monoisotopic (exact) mass is 234 g/mol. The molecule has 1 saturated heterocycles. The summed E-state index contributed by atoms with van der Waals surface area (Å²) in [6.07, 6.45) is 6.26. The second kappa shape index (κ2) is 5.45. The lowest BCUT2D eigenvalue weighted by Gasteiger charge is -2.36. The molecule has 1 aliphatic rings. The van der Waals surface area contributed by atoms with Gasteiger partial charge in [-0.25, -0.2) is 4.98 Å². The molecule has 0 aromatic carbocycles. The van der Waals surface area contributed by atoms with Gasteiger partial charge in [0.15, 0.2) is 0 Å². The van der Waals surface area contributed by atoms with Gasteiger partial charge in [0.25, 0.3) is 0 Å². The number of likely N-dealkylation sites (tertiary alicyclic amines) is 1. The van der Waals surface area contributed by atoms with Crippen LogP contribution < -0.4 is 5.32 Å². The molecule has 0 aliphatic carbocycles. The number of hydrogen-bond acceptors (Lipinski definition) is 4. The first-order valence-electron chi connectivity index (χ1n) is 6.41. The van der Waals surface area contributed by atoms with Gasteiger partial charge in [0.05, 0.1) is 18.1 Å². The van der Waals surface area contributed by atoms with Gasteiger partial charge in [0.2, 0.25) is 0 Å². The number of anilines is 1. The van der Waals surface area contributed by atoms with E-state index in [0.29, 0.717) is 6.04 Å². The van der Waals surface area contributed by atoms with Crippen LogP contribution in [0.1, 0.15) is 32.4 Å². The minimum absolute atomic E-state index is 0.657. The Morgan fingerprint density at radius 1 is 1.35 bits per heavy atom. The Labute approximate surface area is 103 Å². The second-order valence-corrected chi connectivity index (χ2v) is 5.09. The highest BCUT2D eigenvalue weighted by Gasteiger charge is 2.22. The van der Waals surface area contributed by atoms with Crippen molar-refractivity contribution in [1.82, 2.24) is 14.9 Å². The van der Waals surface area contributed by atoms with Crippen molar-refractivity contribution in [3.63, 3.8) is 0 Å². The fourth-order valence-corrected chi connectivity index (χ4v) is 2.46. The van der Waals surface area contributed by atoms with Crippen LogP contribution in [-0.2, 0) is 6.54 Å². The molecule has 17 heavy (non-hydrogen) atoms. The molecule has 2 unspecified atom stereocenters. The first-order valence-corrected chi connectivity index (χ1v) is 6.41. The lowest BCUT2D eigenvalue weighted by atomic mass is 9.93. The molecule has 1 aromatic heterocycles. The molecule has 1 aliphatic heterocycles. The van der Waals surface area contributed by atoms with E-state index in [-0.39, 0.29) is 0 Å². The van der Waals surface area contributed by atoms with Crippen LogP contribution in [0.3, 0.4) is 0 Å². The Hall–Kier alpha value is -1.16. The maximum absolute atomic E-state index is 4.43. The first-order chi connectivity index (χ1) is 8.19. The first kappa shape index (κ1) is 12.3. The molecule has 1 N–H and O–H groups in total. The maximum Gasteiger partial charge on any atom is 0.144 e. The third-order valence-corrected chi connectivity index (χ3v) is 3.60. The highest BCUT2D eigenvalue weighted by molar-refractivity contribution is 5.29. The second-order valence-electron chi connectivity index (χ2n) is 5.09. The molecule has 0 saturated carbocycles. The van der Waals surface area contributed by atoms with Gasteiger partial charge in [0.1, 0.15) is 5.82 Å². The average Bonchev–Trinajstić information content (AvgIpc) is 2.34. The minimum atomic E-state index is 0.657. The molecule has 0 bridgehead atoms. The van der Waals surface area contributed by atoms with E-state index < -0.39 is 0 Å². The zero-order valence-electron chi connectivity index (χ0n) is 11.0. The van der Waals surface area contributed by atoms with Crippen molar-refractivity contribution >= 4 is 5.82 Å². The molecule has 4 heteroatoms. The summed E-state index contributed by atoms with van der Waals surface area (Å²) in [6, 6.07) is 0.657. The third kappa shape index (κ3) is 3.16. The van der Waals surface area contributed by atoms with E-state index in [1.807, 2.05) is 13.2 Å². The molecular weight excluding hydrogens is 212 g/mol. The lowest BCUT2D eigenvalue weighted by Crippen LogP contribution is -2.39. The smallest absolute Gasteiger partial charge is 0.144 e. The summed E-state index contributed by atoms with van der Waals surface area (Å²) in [5, 5.41) is 2.99. The van der Waals surface area contributed by atoms with Crippen molar-refractivity contribution in [3.8, 4) is 0 Å². The summed E-state index contributed by atoms with van der Waals surface area (Å²) < 4.78 is 0. The van der Waals surface area contributed by atoms with E-state index >= 15 is 0 Å². The van der Waals surface area contributed by atoms with Crippen molar-refractivity contribution in [1.29, 1.82) is 0 Å². The Bertz CT molecular complexity index is 349. The van der Waals surface area contributed by atoms with Gasteiger partial charge in [-0.2, -0.15) is 0 Å². The van der Waals surface area contributed by atoms with Gasteiger partial charge in [-0.1, -0.05) is 6.92 Å². The van der Waals surface area contributed by atoms with Crippen LogP contribution in [0.4, 0.5) is 5.82 Å². The van der Waals surface area contributed by atoms with E-state index in [1.165, 1.54) is 19.4 Å². The van der Waals surface area contributed by atoms with E-state index in [1.54, 1.807) is 6.20 Å². The predicted octanol–water partition coefficient (Wildman–Crippen LogP) is 2.14. The van der Waals surface area contributed by atoms with Gasteiger partial charge in [-0.05, 0) is 32.2 Å². The van der Waals surface area contributed by atoms with Gasteiger partial charge >= 0.3 is 0 Å². The Balaban J connectivity index is 1.95. The van der Waals surface area contributed by atoms with Crippen LogP contribution in [0.5, 0.6) is 0 Å². The van der Waals surface area contributed by atoms with Crippen LogP contribution in [0.2, 0.25) is 0 Å². The molecule has 1 aromatic rings. The number of aromatic nitrogens is 2. The van der Waals surface area contributed by atoms with Crippen LogP contribution in [0.25, 0.3) is 0 Å². The van der Waals surface area contributed by atoms with Crippen molar-refractivity contribution in [2.45, 2.75) is 39.3 Å². The largest absolute Gasteiger partial charge is 0.372 e. The average molecular weight is 234 g/mol. The van der Waals surface area contributed by atoms with Gasteiger partial charge in [-0.15, -0.1) is 0 Å². The van der Waals surface area contributed by atoms with Gasteiger partial charge in [-0.3, -0.25) is 9.88 Å². The number of nitrogens with zero attached hydrogens (tertiary/aromatic N) is 3. The van der Waals surface area contributed by atoms with Crippen molar-refractivity contribution in [3.05, 3.63) is 18.1 Å². The van der Waals surface area contributed by atoms with Gasteiger partial charge < -0.3 is 5.32 Å². The summed E-state index contributed by atoms with van der Waals surface area (Å²) in [7, 11) is 1.86. The van der Waals surface area contributed by atoms with Crippen molar-refractivity contribution in [2.24, 2.45) is 5.92 Å². The van der Waals surface area contributed by atoms with Gasteiger partial charge in [0, 0.05) is 19.6 Å². The highest BCUT2D eigenvalue weighted by atomic mass is 15.2. The number of rotatable bonds is 3. The summed E-state index contributed by atoms with van der Waals surface area (Å²) in [5.74, 6) is 1.69. The highest BCUT2D eigenvalue weighted by Crippen LogP contribution is 2.23. The van der Waals surface area contributed by atoms with E-state index in [0.717, 1.165) is 24.0 Å². The topological polar surface area (TPSA) is 41.1 Å². The molecule has 2 rings (SSSR count). The van der Waals surface area contributed by atoms with E-state index in [2.05, 4.69) is 34.0 Å². The number of hydrogen-bond donors (Lipinski definition) is 1. The molecule has 0 radical (unpaired) electrons. The molecular formula is C13H22N4. The van der Waals surface area contributed by atoms with Crippen LogP contribution >= 0.6 is 0 Å². The minimum Gasteiger partial charge on any atom is -0.372 e. The summed E-state index contributed by atoms with van der Waals surface area (Å²) in [4.78, 5) is 11.2. The maximum atomic E-state index is 4.43. The molecule has 4 nitrogen and oxygen atoms in total. The van der Waals surface area contributed by atoms with E-state index in [4.69, 9.17) is 0 Å². The number of piperidine rings is 1. The van der Waals surface area contributed by atoms with Crippen molar-refractivity contribution < 1.29 is 0 Å². The molecule has 94 valence electrons. The zero-order valence-corrected chi connectivity index (χ0v) is 11.0. The Morgan fingerprint density at radius 3 is 2.76 bits per heavy atom. The molecule has 2 atom stereocenters. The Kier molecular flexibility index (Phi) is 3.94. The molecule has 2 heterocycles. The number of nitrogens with one attached hydrogen (secondary N) is 1. The lowest BCUT2D eigenvalue weighted by molar-refractivity contribution is 0.120. The van der Waals surface area contributed by atoms with Crippen molar-refractivity contribution in [2.75, 3.05) is 18.9 Å². The third-order valence-electron chi connectivity index (χ3n) is 3.60.